The molecule has 68 valence electrons. The fourth-order valence-corrected chi connectivity index (χ4v) is 0.942. The third-order valence-corrected chi connectivity index (χ3v) is 1.22. The van der Waals surface area contributed by atoms with Crippen LogP contribution in [-0.2, 0) is 4.74 Å². The summed E-state index contributed by atoms with van der Waals surface area (Å²) in [5.41, 5.74) is 0. The third-order valence-electron chi connectivity index (χ3n) is 1.22. The molecule has 0 aliphatic carbocycles. The van der Waals surface area contributed by atoms with Crippen LogP contribution in [0.1, 0.15) is 20.8 Å². The summed E-state index contributed by atoms with van der Waals surface area (Å²) >= 11 is 0. The van der Waals surface area contributed by atoms with Crippen LogP contribution in [0.4, 0.5) is 0 Å². The van der Waals surface area contributed by atoms with E-state index >= 15 is 0 Å². The molecule has 3 heteroatoms. The molecule has 0 spiro atoms. The second-order valence-corrected chi connectivity index (χ2v) is 3.02. The predicted octanol–water partition coefficient (Wildman–Crippen LogP) is 0.382. The van der Waals surface area contributed by atoms with Gasteiger partial charge in [-0.15, -0.1) is 0 Å². The second-order valence-electron chi connectivity index (χ2n) is 3.02. The quantitative estimate of drug-likeness (QED) is 0.553. The maximum absolute atomic E-state index is 8.42. The first kappa shape index (κ1) is 10.9. The van der Waals surface area contributed by atoms with Gasteiger partial charge >= 0.3 is 0 Å². The van der Waals surface area contributed by atoms with Gasteiger partial charge in [0.05, 0.1) is 19.8 Å². The lowest BCUT2D eigenvalue weighted by Gasteiger charge is -2.16. The molecule has 0 fully saturated rings. The highest BCUT2D eigenvalue weighted by Crippen LogP contribution is 1.87. The van der Waals surface area contributed by atoms with Gasteiger partial charge in [-0.25, -0.2) is 0 Å². The highest BCUT2D eigenvalue weighted by atomic mass is 16.5. The molecule has 1 atom stereocenters. The van der Waals surface area contributed by atoms with E-state index in [1.165, 1.54) is 0 Å². The van der Waals surface area contributed by atoms with Crippen molar-refractivity contribution in [2.45, 2.75) is 32.9 Å². The lowest BCUT2D eigenvalue weighted by atomic mass is 10.3. The number of aliphatic hydroxyl groups is 1. The van der Waals surface area contributed by atoms with Gasteiger partial charge in [0.2, 0.25) is 0 Å². The van der Waals surface area contributed by atoms with E-state index in [1.807, 2.05) is 0 Å². The lowest BCUT2D eigenvalue weighted by Crippen LogP contribution is -2.35. The van der Waals surface area contributed by atoms with Crippen LogP contribution in [0.25, 0.3) is 0 Å². The molecule has 0 rings (SSSR count). The average Bonchev–Trinajstić information content (AvgIpc) is 1.86. The summed E-state index contributed by atoms with van der Waals surface area (Å²) in [5.74, 6) is 0. The minimum atomic E-state index is 0.106. The molecule has 2 N–H and O–H groups in total. The van der Waals surface area contributed by atoms with Gasteiger partial charge in [0.1, 0.15) is 0 Å². The number of hydrogen-bond donors (Lipinski definition) is 2. The molecule has 0 radical (unpaired) electrons. The molecule has 0 bridgehead atoms. The van der Waals surface area contributed by atoms with Gasteiger partial charge in [0.25, 0.3) is 0 Å². The van der Waals surface area contributed by atoms with Gasteiger partial charge in [0.15, 0.2) is 0 Å². The van der Waals surface area contributed by atoms with E-state index in [-0.39, 0.29) is 6.61 Å². The Hall–Kier alpha value is -0.120. The van der Waals surface area contributed by atoms with Crippen LogP contribution in [0.5, 0.6) is 0 Å². The van der Waals surface area contributed by atoms with Crippen LogP contribution in [-0.4, -0.2) is 37.0 Å². The van der Waals surface area contributed by atoms with Crippen LogP contribution in [0, 0.1) is 0 Å². The normalized spacial score (nSPS) is 13.9. The summed E-state index contributed by atoms with van der Waals surface area (Å²) in [6, 6.07) is 0.851. The molecule has 0 amide bonds. The predicted molar refractivity (Wildman–Crippen MR) is 45.6 cm³/mol. The molecule has 0 aromatic heterocycles. The summed E-state index contributed by atoms with van der Waals surface area (Å²) in [5, 5.41) is 11.7. The minimum Gasteiger partial charge on any atom is -0.394 e. The Kier molecular flexibility index (Phi) is 6.51. The molecule has 11 heavy (non-hydrogen) atoms. The Labute approximate surface area is 68.8 Å². The first-order valence-electron chi connectivity index (χ1n) is 4.11. The standard InChI is InChI=1S/C8H19NO2/c1-7(2)9-8(3)6-11-5-4-10/h7-10H,4-6H2,1-3H3. The van der Waals surface area contributed by atoms with E-state index in [4.69, 9.17) is 9.84 Å². The Morgan fingerprint density at radius 1 is 1.36 bits per heavy atom. The first-order chi connectivity index (χ1) is 5.16. The van der Waals surface area contributed by atoms with Crippen LogP contribution in [0.3, 0.4) is 0 Å². The average molecular weight is 161 g/mol. The van der Waals surface area contributed by atoms with Crippen molar-refractivity contribution in [3.05, 3.63) is 0 Å². The number of rotatable bonds is 6. The smallest absolute Gasteiger partial charge is 0.0698 e. The maximum atomic E-state index is 8.42. The van der Waals surface area contributed by atoms with Crippen molar-refractivity contribution >= 4 is 0 Å². The van der Waals surface area contributed by atoms with E-state index in [0.29, 0.717) is 25.3 Å². The fourth-order valence-electron chi connectivity index (χ4n) is 0.942. The number of aliphatic hydroxyl groups excluding tert-OH is 1. The zero-order chi connectivity index (χ0) is 8.69. The summed E-state index contributed by atoms with van der Waals surface area (Å²) in [4.78, 5) is 0. The molecular weight excluding hydrogens is 142 g/mol. The molecular formula is C8H19NO2. The number of nitrogens with one attached hydrogen (secondary N) is 1. The maximum Gasteiger partial charge on any atom is 0.0698 e. The van der Waals surface area contributed by atoms with Crippen molar-refractivity contribution < 1.29 is 9.84 Å². The van der Waals surface area contributed by atoms with Crippen molar-refractivity contribution in [3.8, 4) is 0 Å². The van der Waals surface area contributed by atoms with Crippen LogP contribution in [0.15, 0.2) is 0 Å². The van der Waals surface area contributed by atoms with Crippen molar-refractivity contribution in [1.29, 1.82) is 0 Å². The zero-order valence-electron chi connectivity index (χ0n) is 7.63. The van der Waals surface area contributed by atoms with Gasteiger partial charge in [0, 0.05) is 12.1 Å². The number of ether oxygens (including phenoxy) is 1. The monoisotopic (exact) mass is 161 g/mol. The van der Waals surface area contributed by atoms with Crippen LogP contribution in [0.2, 0.25) is 0 Å². The first-order valence-corrected chi connectivity index (χ1v) is 4.11. The number of hydrogen-bond acceptors (Lipinski definition) is 3. The van der Waals surface area contributed by atoms with Crippen molar-refractivity contribution in [1.82, 2.24) is 5.32 Å². The Balaban J connectivity index is 3.15. The molecule has 0 aromatic rings. The molecule has 0 saturated heterocycles. The van der Waals surface area contributed by atoms with Crippen LogP contribution >= 0.6 is 0 Å². The van der Waals surface area contributed by atoms with Crippen molar-refractivity contribution in [3.63, 3.8) is 0 Å². The summed E-state index contributed by atoms with van der Waals surface area (Å²) in [7, 11) is 0. The third kappa shape index (κ3) is 7.78. The Bertz CT molecular complexity index is 86.2. The Morgan fingerprint density at radius 2 is 2.00 bits per heavy atom. The zero-order valence-corrected chi connectivity index (χ0v) is 7.63. The molecule has 1 unspecified atom stereocenters. The topological polar surface area (TPSA) is 41.5 Å². The van der Waals surface area contributed by atoms with Gasteiger partial charge in [-0.1, -0.05) is 13.8 Å². The van der Waals surface area contributed by atoms with E-state index < -0.39 is 0 Å². The molecule has 0 aliphatic heterocycles. The van der Waals surface area contributed by atoms with Crippen LogP contribution < -0.4 is 5.32 Å². The fraction of sp³-hybridized carbons (Fsp3) is 1.00. The van der Waals surface area contributed by atoms with Gasteiger partial charge in [-0.05, 0) is 6.92 Å². The lowest BCUT2D eigenvalue weighted by molar-refractivity contribution is 0.0783. The summed E-state index contributed by atoms with van der Waals surface area (Å²) in [6.45, 7) is 7.47. The second kappa shape index (κ2) is 6.58. The van der Waals surface area contributed by atoms with E-state index in [9.17, 15) is 0 Å². The highest BCUT2D eigenvalue weighted by molar-refractivity contribution is 4.62. The molecule has 0 aliphatic rings. The van der Waals surface area contributed by atoms with Gasteiger partial charge < -0.3 is 15.2 Å². The molecule has 0 saturated carbocycles. The van der Waals surface area contributed by atoms with Crippen molar-refractivity contribution in [2.75, 3.05) is 19.8 Å². The van der Waals surface area contributed by atoms with E-state index in [1.54, 1.807) is 0 Å². The van der Waals surface area contributed by atoms with Gasteiger partial charge in [-0.3, -0.25) is 0 Å². The van der Waals surface area contributed by atoms with Crippen molar-refractivity contribution in [2.24, 2.45) is 0 Å². The summed E-state index contributed by atoms with van der Waals surface area (Å²) < 4.78 is 5.13. The minimum absolute atomic E-state index is 0.106. The highest BCUT2D eigenvalue weighted by Gasteiger charge is 2.01. The SMILES string of the molecule is CC(C)NC(C)COCCO. The largest absolute Gasteiger partial charge is 0.394 e. The molecule has 0 heterocycles. The van der Waals surface area contributed by atoms with Gasteiger partial charge in [-0.2, -0.15) is 0 Å². The van der Waals surface area contributed by atoms with E-state index in [0.717, 1.165) is 0 Å². The molecule has 3 nitrogen and oxygen atoms in total. The molecule has 0 aromatic carbocycles. The Morgan fingerprint density at radius 3 is 2.45 bits per heavy atom. The summed E-state index contributed by atoms with van der Waals surface area (Å²) in [6.07, 6.45) is 0. The van der Waals surface area contributed by atoms with E-state index in [2.05, 4.69) is 26.1 Å².